The van der Waals surface area contributed by atoms with Crippen LogP contribution in [0, 0.1) is 0 Å². The molecule has 118 valence electrons. The monoisotopic (exact) mass is 331 g/mol. The molecule has 0 saturated carbocycles. The van der Waals surface area contributed by atoms with Gasteiger partial charge in [0.2, 0.25) is 10.0 Å². The maximum Gasteiger partial charge on any atom is 0.244 e. The van der Waals surface area contributed by atoms with Crippen molar-refractivity contribution in [1.82, 2.24) is 9.21 Å². The highest BCUT2D eigenvalue weighted by Crippen LogP contribution is 2.27. The van der Waals surface area contributed by atoms with E-state index in [0.717, 1.165) is 38.4 Å². The van der Waals surface area contributed by atoms with E-state index >= 15 is 0 Å². The summed E-state index contributed by atoms with van der Waals surface area (Å²) >= 11 is 5.77. The van der Waals surface area contributed by atoms with Crippen molar-refractivity contribution >= 4 is 27.3 Å². The van der Waals surface area contributed by atoms with Crippen LogP contribution < -0.4 is 4.90 Å². The lowest BCUT2D eigenvalue weighted by Gasteiger charge is -2.36. The molecule has 1 fully saturated rings. The van der Waals surface area contributed by atoms with Crippen molar-refractivity contribution in [3.63, 3.8) is 0 Å². The van der Waals surface area contributed by atoms with E-state index in [-0.39, 0.29) is 0 Å². The van der Waals surface area contributed by atoms with Crippen molar-refractivity contribution in [2.75, 3.05) is 57.6 Å². The van der Waals surface area contributed by atoms with Gasteiger partial charge in [-0.05, 0) is 12.1 Å². The van der Waals surface area contributed by atoms with Gasteiger partial charge in [-0.2, -0.15) is 0 Å². The topological polar surface area (TPSA) is 43.9 Å². The Morgan fingerprint density at radius 2 is 1.76 bits per heavy atom. The fourth-order valence-electron chi connectivity index (χ4n) is 2.47. The molecule has 21 heavy (non-hydrogen) atoms. The summed E-state index contributed by atoms with van der Waals surface area (Å²) in [6.45, 7) is 4.33. The Morgan fingerprint density at radius 1 is 1.14 bits per heavy atom. The molecule has 0 bridgehead atoms. The van der Waals surface area contributed by atoms with Gasteiger partial charge >= 0.3 is 0 Å². The molecule has 5 nitrogen and oxygen atoms in total. The van der Waals surface area contributed by atoms with E-state index < -0.39 is 10.0 Å². The Kier molecular flexibility index (Phi) is 5.48. The molecular weight excluding hydrogens is 310 g/mol. The van der Waals surface area contributed by atoms with E-state index in [0.29, 0.717) is 10.8 Å². The van der Waals surface area contributed by atoms with Crippen molar-refractivity contribution in [3.05, 3.63) is 24.3 Å². The molecule has 0 aromatic heterocycles. The van der Waals surface area contributed by atoms with Crippen LogP contribution in [0.15, 0.2) is 29.2 Å². The number of halogens is 1. The van der Waals surface area contributed by atoms with Crippen LogP contribution in [0.2, 0.25) is 0 Å². The molecule has 1 aliphatic rings. The fraction of sp³-hybridized carbons (Fsp3) is 0.571. The zero-order chi connectivity index (χ0) is 15.5. The first-order valence-electron chi connectivity index (χ1n) is 7.01. The number of hydrogen-bond donors (Lipinski definition) is 0. The van der Waals surface area contributed by atoms with E-state index in [4.69, 9.17) is 11.6 Å². The van der Waals surface area contributed by atoms with Crippen LogP contribution in [0.1, 0.15) is 0 Å². The molecule has 0 amide bonds. The third kappa shape index (κ3) is 3.69. The highest BCUT2D eigenvalue weighted by atomic mass is 35.5. The van der Waals surface area contributed by atoms with Gasteiger partial charge in [0, 0.05) is 52.7 Å². The number of nitrogens with zero attached hydrogens (tertiary/aromatic N) is 3. The summed E-state index contributed by atoms with van der Waals surface area (Å²) in [5, 5.41) is 0. The summed E-state index contributed by atoms with van der Waals surface area (Å²) in [6.07, 6.45) is 0. The highest BCUT2D eigenvalue weighted by molar-refractivity contribution is 7.89. The second-order valence-corrected chi connectivity index (χ2v) is 7.77. The number of piperazine rings is 1. The van der Waals surface area contributed by atoms with Gasteiger partial charge in [0.15, 0.2) is 0 Å². The highest BCUT2D eigenvalue weighted by Gasteiger charge is 2.25. The van der Waals surface area contributed by atoms with Crippen molar-refractivity contribution < 1.29 is 8.42 Å². The zero-order valence-corrected chi connectivity index (χ0v) is 14.1. The maximum atomic E-state index is 12.4. The van der Waals surface area contributed by atoms with Gasteiger partial charge in [-0.25, -0.2) is 12.7 Å². The van der Waals surface area contributed by atoms with Gasteiger partial charge in [-0.15, -0.1) is 11.6 Å². The van der Waals surface area contributed by atoms with Gasteiger partial charge in [-0.3, -0.25) is 4.90 Å². The number of alkyl halides is 1. The van der Waals surface area contributed by atoms with E-state index in [2.05, 4.69) is 9.80 Å². The van der Waals surface area contributed by atoms with E-state index in [1.54, 1.807) is 26.2 Å². The zero-order valence-electron chi connectivity index (χ0n) is 12.5. The molecule has 1 aromatic rings. The summed E-state index contributed by atoms with van der Waals surface area (Å²) in [7, 11) is -0.304. The van der Waals surface area contributed by atoms with Crippen molar-refractivity contribution in [1.29, 1.82) is 0 Å². The third-order valence-corrected chi connectivity index (χ3v) is 5.77. The van der Waals surface area contributed by atoms with Crippen molar-refractivity contribution in [3.8, 4) is 0 Å². The average Bonchev–Trinajstić information content (AvgIpc) is 2.48. The van der Waals surface area contributed by atoms with Gasteiger partial charge in [-0.1, -0.05) is 12.1 Å². The first kappa shape index (κ1) is 16.5. The van der Waals surface area contributed by atoms with E-state index in [1.807, 2.05) is 12.1 Å². The summed E-state index contributed by atoms with van der Waals surface area (Å²) < 4.78 is 26.1. The second-order valence-electron chi connectivity index (χ2n) is 5.27. The first-order chi connectivity index (χ1) is 9.96. The summed E-state index contributed by atoms with van der Waals surface area (Å²) in [5.74, 6) is 0.631. The molecule has 1 saturated heterocycles. The molecule has 0 radical (unpaired) electrons. The number of hydrogen-bond acceptors (Lipinski definition) is 4. The van der Waals surface area contributed by atoms with Gasteiger partial charge < -0.3 is 4.90 Å². The quantitative estimate of drug-likeness (QED) is 0.763. The van der Waals surface area contributed by atoms with Gasteiger partial charge in [0.25, 0.3) is 0 Å². The van der Waals surface area contributed by atoms with Crippen LogP contribution in [-0.4, -0.2) is 70.3 Å². The average molecular weight is 332 g/mol. The molecule has 0 atom stereocenters. The molecule has 0 N–H and O–H groups in total. The third-order valence-electron chi connectivity index (χ3n) is 3.74. The number of rotatable bonds is 5. The SMILES string of the molecule is CN(C)S(=O)(=O)c1ccccc1N1CCN(CCCl)CC1. The maximum absolute atomic E-state index is 12.4. The van der Waals surface area contributed by atoms with Gasteiger partial charge in [0.1, 0.15) is 4.90 Å². The second kappa shape index (κ2) is 6.96. The van der Waals surface area contributed by atoms with Crippen molar-refractivity contribution in [2.45, 2.75) is 4.90 Å². The van der Waals surface area contributed by atoms with Crippen LogP contribution in [0.4, 0.5) is 5.69 Å². The number of benzene rings is 1. The summed E-state index contributed by atoms with van der Waals surface area (Å²) in [5.41, 5.74) is 0.789. The predicted molar refractivity (Wildman–Crippen MR) is 86.7 cm³/mol. The van der Waals surface area contributed by atoms with Crippen LogP contribution in [0.25, 0.3) is 0 Å². The molecule has 0 unspecified atom stereocenters. The van der Waals surface area contributed by atoms with E-state index in [9.17, 15) is 8.42 Å². The normalized spacial score (nSPS) is 17.4. The lowest BCUT2D eigenvalue weighted by atomic mass is 10.2. The molecular formula is C14H22ClN3O2S. The minimum absolute atomic E-state index is 0.376. The molecule has 0 spiro atoms. The Hall–Kier alpha value is -0.820. The standard InChI is InChI=1S/C14H22ClN3O2S/c1-16(2)21(19,20)14-6-4-3-5-13(14)18-11-9-17(8-7-15)10-12-18/h3-6H,7-12H2,1-2H3. The number of sulfonamides is 1. The molecule has 0 aliphatic carbocycles. The largest absolute Gasteiger partial charge is 0.368 e. The predicted octanol–water partition coefficient (Wildman–Crippen LogP) is 1.30. The minimum atomic E-state index is -3.42. The van der Waals surface area contributed by atoms with Crippen molar-refractivity contribution in [2.24, 2.45) is 0 Å². The fourth-order valence-corrected chi connectivity index (χ4v) is 3.81. The van der Waals surface area contributed by atoms with Crippen LogP contribution >= 0.6 is 11.6 Å². The molecule has 2 rings (SSSR count). The number of para-hydroxylation sites is 1. The minimum Gasteiger partial charge on any atom is -0.368 e. The Bertz CT molecular complexity index is 569. The van der Waals surface area contributed by atoms with Crippen LogP contribution in [0.5, 0.6) is 0 Å². The molecule has 7 heteroatoms. The number of anilines is 1. The van der Waals surface area contributed by atoms with Gasteiger partial charge in [0.05, 0.1) is 5.69 Å². The Balaban J connectivity index is 2.23. The Labute approximate surface area is 132 Å². The summed E-state index contributed by atoms with van der Waals surface area (Å²) in [4.78, 5) is 4.81. The molecule has 1 aliphatic heterocycles. The summed E-state index contributed by atoms with van der Waals surface area (Å²) in [6, 6.07) is 7.21. The Morgan fingerprint density at radius 3 is 2.33 bits per heavy atom. The lowest BCUT2D eigenvalue weighted by molar-refractivity contribution is 0.272. The smallest absolute Gasteiger partial charge is 0.244 e. The first-order valence-corrected chi connectivity index (χ1v) is 8.99. The van der Waals surface area contributed by atoms with Crippen LogP contribution in [0.3, 0.4) is 0 Å². The molecule has 1 heterocycles. The van der Waals surface area contributed by atoms with Crippen LogP contribution in [-0.2, 0) is 10.0 Å². The lowest BCUT2D eigenvalue weighted by Crippen LogP contribution is -2.47. The van der Waals surface area contributed by atoms with E-state index in [1.165, 1.54) is 4.31 Å². The molecule has 1 aromatic carbocycles.